The maximum Gasteiger partial charge on any atom is 0.271 e. The topological polar surface area (TPSA) is 70.6 Å². The quantitative estimate of drug-likeness (QED) is 0.619. The van der Waals surface area contributed by atoms with Gasteiger partial charge in [0.05, 0.1) is 6.42 Å². The summed E-state index contributed by atoms with van der Waals surface area (Å²) >= 11 is 0. The van der Waals surface area contributed by atoms with Crippen LogP contribution in [0.4, 0.5) is 5.69 Å². The molecule has 0 radical (unpaired) electrons. The molecule has 0 aliphatic rings. The lowest BCUT2D eigenvalue weighted by Crippen LogP contribution is -2.21. The smallest absolute Gasteiger partial charge is 0.271 e. The fourth-order valence-corrected chi connectivity index (χ4v) is 2.23. The van der Waals surface area contributed by atoms with Gasteiger partial charge in [-0.3, -0.25) is 9.59 Å². The van der Waals surface area contributed by atoms with Gasteiger partial charge in [0.15, 0.2) is 0 Å². The Hall–Kier alpha value is -2.95. The van der Waals surface area contributed by atoms with E-state index in [1.165, 1.54) is 5.56 Å². The molecule has 2 rings (SSSR count). The lowest BCUT2D eigenvalue weighted by atomic mass is 10.0. The number of nitrogens with zero attached hydrogens (tertiary/aromatic N) is 1. The number of carbonyl (C=O) groups is 2. The van der Waals surface area contributed by atoms with Crippen LogP contribution in [-0.4, -0.2) is 17.5 Å². The fourth-order valence-electron chi connectivity index (χ4n) is 2.23. The minimum atomic E-state index is -0.301. The molecule has 0 spiro atoms. The summed E-state index contributed by atoms with van der Waals surface area (Å²) in [5.74, 6) is -0.0236. The van der Waals surface area contributed by atoms with E-state index in [2.05, 4.69) is 29.7 Å². The van der Waals surface area contributed by atoms with Gasteiger partial charge in [0.1, 0.15) is 0 Å². The molecule has 0 saturated carbocycles. The predicted octanol–water partition coefficient (Wildman–Crippen LogP) is 3.94. The molecular formula is C20H23N3O2. The average molecular weight is 337 g/mol. The Kier molecular flexibility index (Phi) is 6.46. The molecule has 25 heavy (non-hydrogen) atoms. The van der Waals surface area contributed by atoms with Crippen LogP contribution < -0.4 is 10.7 Å². The Balaban J connectivity index is 1.85. The third-order valence-electron chi connectivity index (χ3n) is 3.66. The second-order valence-corrected chi connectivity index (χ2v) is 6.16. The molecule has 0 aliphatic heterocycles. The summed E-state index contributed by atoms with van der Waals surface area (Å²) in [4.78, 5) is 23.9. The molecule has 0 saturated heterocycles. The number of hydrazone groups is 1. The zero-order valence-electron chi connectivity index (χ0n) is 14.7. The van der Waals surface area contributed by atoms with E-state index in [9.17, 15) is 9.59 Å². The zero-order valence-corrected chi connectivity index (χ0v) is 14.7. The highest BCUT2D eigenvalue weighted by atomic mass is 16.2. The Labute approximate surface area is 148 Å². The van der Waals surface area contributed by atoms with Crippen LogP contribution in [0.3, 0.4) is 0 Å². The zero-order chi connectivity index (χ0) is 18.2. The molecule has 130 valence electrons. The molecule has 0 fully saturated rings. The molecule has 2 aromatic rings. The van der Waals surface area contributed by atoms with Crippen LogP contribution in [0.2, 0.25) is 0 Å². The molecule has 0 heterocycles. The van der Waals surface area contributed by atoms with Crippen molar-refractivity contribution in [3.05, 3.63) is 65.7 Å². The highest BCUT2D eigenvalue weighted by Crippen LogP contribution is 2.17. The molecule has 5 heteroatoms. The third kappa shape index (κ3) is 5.88. The Morgan fingerprint density at radius 1 is 1.00 bits per heavy atom. The fraction of sp³-hybridized carbons (Fsp3) is 0.250. The monoisotopic (exact) mass is 337 g/mol. The minimum absolute atomic E-state index is 0.112. The number of nitrogens with one attached hydrogen (secondary N) is 2. The van der Waals surface area contributed by atoms with Crippen LogP contribution in [-0.2, 0) is 4.79 Å². The van der Waals surface area contributed by atoms with Gasteiger partial charge < -0.3 is 5.32 Å². The number of anilines is 1. The van der Waals surface area contributed by atoms with Crippen molar-refractivity contribution in [3.63, 3.8) is 0 Å². The van der Waals surface area contributed by atoms with Gasteiger partial charge in [-0.15, -0.1) is 0 Å². The normalized spacial score (nSPS) is 11.3. The summed E-state index contributed by atoms with van der Waals surface area (Å²) in [7, 11) is 0. The standard InChI is InChI=1S/C20H23N3O2/c1-14(2)16-9-11-18(12-10-16)21-19(24)13-15(3)22-23-20(25)17-7-5-4-6-8-17/h4-12,14H,13H2,1-3H3,(H,21,24)(H,23,25). The van der Waals surface area contributed by atoms with E-state index in [-0.39, 0.29) is 18.2 Å². The highest BCUT2D eigenvalue weighted by Gasteiger charge is 2.07. The highest BCUT2D eigenvalue weighted by molar-refractivity contribution is 6.06. The van der Waals surface area contributed by atoms with Crippen LogP contribution >= 0.6 is 0 Å². The number of hydrogen-bond donors (Lipinski definition) is 2. The summed E-state index contributed by atoms with van der Waals surface area (Å²) in [5, 5.41) is 6.80. The SMILES string of the molecule is CC(CC(=O)Nc1ccc(C(C)C)cc1)=NNC(=O)c1ccccc1. The first-order chi connectivity index (χ1) is 12.0. The van der Waals surface area contributed by atoms with Crippen molar-refractivity contribution >= 4 is 23.2 Å². The van der Waals surface area contributed by atoms with Gasteiger partial charge in [0.25, 0.3) is 5.91 Å². The summed E-state index contributed by atoms with van der Waals surface area (Å²) in [6.07, 6.45) is 0.112. The van der Waals surface area contributed by atoms with Crippen molar-refractivity contribution in [2.24, 2.45) is 5.10 Å². The Morgan fingerprint density at radius 3 is 2.24 bits per heavy atom. The third-order valence-corrected chi connectivity index (χ3v) is 3.66. The van der Waals surface area contributed by atoms with Gasteiger partial charge in [0, 0.05) is 17.0 Å². The average Bonchev–Trinajstić information content (AvgIpc) is 2.60. The van der Waals surface area contributed by atoms with E-state index in [1.54, 1.807) is 31.2 Å². The molecule has 2 amide bonds. The number of benzene rings is 2. The molecule has 0 unspecified atom stereocenters. The number of carbonyl (C=O) groups excluding carboxylic acids is 2. The van der Waals surface area contributed by atoms with Crippen molar-refractivity contribution in [3.8, 4) is 0 Å². The summed E-state index contributed by atoms with van der Waals surface area (Å²) in [6, 6.07) is 16.6. The van der Waals surface area contributed by atoms with Crippen molar-refractivity contribution < 1.29 is 9.59 Å². The number of hydrogen-bond acceptors (Lipinski definition) is 3. The van der Waals surface area contributed by atoms with Gasteiger partial charge in [-0.2, -0.15) is 5.10 Å². The number of amides is 2. The minimum Gasteiger partial charge on any atom is -0.326 e. The molecular weight excluding hydrogens is 314 g/mol. The predicted molar refractivity (Wildman–Crippen MR) is 101 cm³/mol. The number of rotatable bonds is 6. The van der Waals surface area contributed by atoms with Crippen LogP contribution in [0.25, 0.3) is 0 Å². The first kappa shape index (κ1) is 18.4. The van der Waals surface area contributed by atoms with E-state index < -0.39 is 0 Å². The van der Waals surface area contributed by atoms with E-state index in [1.807, 2.05) is 30.3 Å². The molecule has 2 N–H and O–H groups in total. The second-order valence-electron chi connectivity index (χ2n) is 6.16. The van der Waals surface area contributed by atoms with E-state index >= 15 is 0 Å². The van der Waals surface area contributed by atoms with Crippen molar-refractivity contribution in [2.75, 3.05) is 5.32 Å². The molecule has 5 nitrogen and oxygen atoms in total. The van der Waals surface area contributed by atoms with Crippen LogP contribution in [0.5, 0.6) is 0 Å². The lowest BCUT2D eigenvalue weighted by Gasteiger charge is -2.08. The van der Waals surface area contributed by atoms with Crippen LogP contribution in [0.15, 0.2) is 59.7 Å². The van der Waals surface area contributed by atoms with Crippen LogP contribution in [0.1, 0.15) is 49.0 Å². The van der Waals surface area contributed by atoms with E-state index in [0.717, 1.165) is 5.69 Å². The molecule has 0 aliphatic carbocycles. The van der Waals surface area contributed by atoms with Crippen molar-refractivity contribution in [2.45, 2.75) is 33.1 Å². The van der Waals surface area contributed by atoms with Gasteiger partial charge in [-0.1, -0.05) is 44.2 Å². The summed E-state index contributed by atoms with van der Waals surface area (Å²) in [5.41, 5.74) is 5.47. The summed E-state index contributed by atoms with van der Waals surface area (Å²) in [6.45, 7) is 5.95. The van der Waals surface area contributed by atoms with Gasteiger partial charge in [-0.25, -0.2) is 5.43 Å². The van der Waals surface area contributed by atoms with Gasteiger partial charge in [-0.05, 0) is 42.7 Å². The first-order valence-corrected chi connectivity index (χ1v) is 8.24. The van der Waals surface area contributed by atoms with Gasteiger partial charge >= 0.3 is 0 Å². The first-order valence-electron chi connectivity index (χ1n) is 8.24. The Bertz CT molecular complexity index is 750. The second kappa shape index (κ2) is 8.78. The molecule has 0 bridgehead atoms. The van der Waals surface area contributed by atoms with Crippen molar-refractivity contribution in [1.82, 2.24) is 5.43 Å². The van der Waals surface area contributed by atoms with Crippen molar-refractivity contribution in [1.29, 1.82) is 0 Å². The maximum atomic E-state index is 12.1. The lowest BCUT2D eigenvalue weighted by molar-refractivity contribution is -0.115. The molecule has 0 atom stereocenters. The van der Waals surface area contributed by atoms with Gasteiger partial charge in [0.2, 0.25) is 5.91 Å². The molecule has 0 aromatic heterocycles. The summed E-state index contributed by atoms with van der Waals surface area (Å²) < 4.78 is 0. The van der Waals surface area contributed by atoms with E-state index in [4.69, 9.17) is 0 Å². The maximum absolute atomic E-state index is 12.1. The largest absolute Gasteiger partial charge is 0.326 e. The van der Waals surface area contributed by atoms with E-state index in [0.29, 0.717) is 17.2 Å². The Morgan fingerprint density at radius 2 is 1.64 bits per heavy atom. The molecule has 2 aromatic carbocycles. The van der Waals surface area contributed by atoms with Crippen LogP contribution in [0, 0.1) is 0 Å².